The molecule has 1 aliphatic carbocycles. The Labute approximate surface area is 205 Å². The third kappa shape index (κ3) is 4.64. The number of amides is 1. The van der Waals surface area contributed by atoms with Crippen LogP contribution < -0.4 is 5.73 Å². The summed E-state index contributed by atoms with van der Waals surface area (Å²) in [6.07, 6.45) is 5.03. The smallest absolute Gasteiger partial charge is 0.240 e. The van der Waals surface area contributed by atoms with E-state index in [0.717, 1.165) is 65.1 Å². The highest BCUT2D eigenvalue weighted by Crippen LogP contribution is 2.39. The van der Waals surface area contributed by atoms with Crippen LogP contribution in [0, 0.1) is 5.92 Å². The number of nitrogens with two attached hydrogens (primary N) is 1. The average molecular weight is 480 g/mol. The fourth-order valence-electron chi connectivity index (χ4n) is 5.04. The number of primary amides is 1. The van der Waals surface area contributed by atoms with E-state index in [9.17, 15) is 4.79 Å². The molecule has 6 heteroatoms. The number of aromatic nitrogens is 2. The van der Waals surface area contributed by atoms with Gasteiger partial charge in [0, 0.05) is 10.6 Å². The van der Waals surface area contributed by atoms with Gasteiger partial charge in [-0.15, -0.1) is 12.4 Å². The summed E-state index contributed by atoms with van der Waals surface area (Å²) in [4.78, 5) is 17.7. The van der Waals surface area contributed by atoms with E-state index in [1.165, 1.54) is 5.56 Å². The number of halogens is 2. The number of hydrogen-bond donors (Lipinski definition) is 1. The first kappa shape index (κ1) is 23.3. The number of carbonyl (C=O) groups is 1. The fourth-order valence-corrected chi connectivity index (χ4v) is 5.22. The van der Waals surface area contributed by atoms with E-state index in [-0.39, 0.29) is 24.2 Å². The summed E-state index contributed by atoms with van der Waals surface area (Å²) in [7, 11) is 0. The predicted octanol–water partition coefficient (Wildman–Crippen LogP) is 6.59. The highest BCUT2D eigenvalue weighted by Gasteiger charge is 2.33. The van der Waals surface area contributed by atoms with Gasteiger partial charge in [-0.25, -0.2) is 4.98 Å². The molecular formula is C27H27Cl2N3O. The van der Waals surface area contributed by atoms with Crippen molar-refractivity contribution in [3.8, 4) is 11.4 Å². The predicted molar refractivity (Wildman–Crippen MR) is 137 cm³/mol. The van der Waals surface area contributed by atoms with Gasteiger partial charge in [-0.2, -0.15) is 0 Å². The van der Waals surface area contributed by atoms with Crippen molar-refractivity contribution in [1.29, 1.82) is 0 Å². The van der Waals surface area contributed by atoms with Crippen LogP contribution in [0.25, 0.3) is 22.4 Å². The van der Waals surface area contributed by atoms with Crippen LogP contribution in [0.1, 0.15) is 42.9 Å². The Hall–Kier alpha value is -2.82. The minimum Gasteiger partial charge on any atom is -0.368 e. The second-order valence-corrected chi connectivity index (χ2v) is 9.06. The molecule has 4 aromatic rings. The second kappa shape index (κ2) is 9.98. The summed E-state index contributed by atoms with van der Waals surface area (Å²) in [6.45, 7) is 0. The number of fused-ring (bicyclic) bond motifs is 1. The molecule has 4 nitrogen and oxygen atoms in total. The lowest BCUT2D eigenvalue weighted by molar-refractivity contribution is -0.122. The van der Waals surface area contributed by atoms with Gasteiger partial charge in [-0.3, -0.25) is 4.79 Å². The van der Waals surface area contributed by atoms with Crippen LogP contribution in [-0.2, 0) is 11.2 Å². The maximum Gasteiger partial charge on any atom is 0.240 e. The zero-order valence-corrected chi connectivity index (χ0v) is 19.9. The molecule has 1 fully saturated rings. The first-order chi connectivity index (χ1) is 15.6. The molecule has 0 saturated heterocycles. The fraction of sp³-hybridized carbons (Fsp3) is 0.259. The van der Waals surface area contributed by atoms with Crippen LogP contribution >= 0.6 is 24.0 Å². The van der Waals surface area contributed by atoms with E-state index in [4.69, 9.17) is 22.3 Å². The summed E-state index contributed by atoms with van der Waals surface area (Å²) >= 11 is 6.57. The maximum atomic E-state index is 12.7. The Bertz CT molecular complexity index is 1260. The van der Waals surface area contributed by atoms with Gasteiger partial charge >= 0.3 is 0 Å². The summed E-state index contributed by atoms with van der Waals surface area (Å²) in [6, 6.07) is 23.8. The number of imidazole rings is 1. The number of benzene rings is 3. The van der Waals surface area contributed by atoms with E-state index in [2.05, 4.69) is 22.8 Å². The summed E-state index contributed by atoms with van der Waals surface area (Å²) in [5, 5.41) is 0.725. The lowest BCUT2D eigenvalue weighted by Gasteiger charge is -2.24. The van der Waals surface area contributed by atoms with Crippen molar-refractivity contribution in [2.75, 3.05) is 0 Å². The molecular weight excluding hydrogens is 453 g/mol. The third-order valence-electron chi connectivity index (χ3n) is 6.55. The van der Waals surface area contributed by atoms with Crippen molar-refractivity contribution in [2.24, 2.45) is 11.7 Å². The number of carbonyl (C=O) groups excluding carboxylic acids is 1. The van der Waals surface area contributed by atoms with Gasteiger partial charge in [0.15, 0.2) is 0 Å². The molecule has 3 aromatic carbocycles. The van der Waals surface area contributed by atoms with Crippen LogP contribution in [0.5, 0.6) is 0 Å². The molecule has 0 spiro atoms. The Kier molecular flexibility index (Phi) is 7.06. The highest BCUT2D eigenvalue weighted by atomic mass is 35.5. The van der Waals surface area contributed by atoms with Crippen LogP contribution in [-0.4, -0.2) is 15.5 Å². The van der Waals surface area contributed by atoms with Gasteiger partial charge in [0.05, 0.1) is 11.0 Å². The molecule has 0 radical (unpaired) electrons. The van der Waals surface area contributed by atoms with Crippen molar-refractivity contribution in [3.63, 3.8) is 0 Å². The summed E-state index contributed by atoms with van der Waals surface area (Å²) in [5.41, 5.74) is 11.0. The summed E-state index contributed by atoms with van der Waals surface area (Å²) < 4.78 is 2.07. The molecule has 2 N–H and O–H groups in total. The van der Waals surface area contributed by atoms with E-state index in [0.29, 0.717) is 0 Å². The van der Waals surface area contributed by atoms with Crippen molar-refractivity contribution >= 4 is 40.9 Å². The van der Waals surface area contributed by atoms with E-state index in [1.54, 1.807) is 0 Å². The second-order valence-electron chi connectivity index (χ2n) is 8.65. The Morgan fingerprint density at radius 3 is 2.45 bits per heavy atom. The average Bonchev–Trinajstić information content (AvgIpc) is 3.45. The first-order valence-corrected chi connectivity index (χ1v) is 11.6. The Morgan fingerprint density at radius 2 is 1.73 bits per heavy atom. The number of rotatable bonds is 6. The quantitative estimate of drug-likeness (QED) is 0.339. The Balaban J connectivity index is 0.00000259. The highest BCUT2D eigenvalue weighted by molar-refractivity contribution is 6.31. The molecule has 170 valence electrons. The molecule has 1 aromatic heterocycles. The molecule has 0 bridgehead atoms. The summed E-state index contributed by atoms with van der Waals surface area (Å²) in [5.74, 6) is 0.715. The van der Waals surface area contributed by atoms with Gasteiger partial charge in [0.25, 0.3) is 0 Å². The van der Waals surface area contributed by atoms with E-state index >= 15 is 0 Å². The maximum absolute atomic E-state index is 12.7. The molecule has 0 aliphatic heterocycles. The largest absolute Gasteiger partial charge is 0.368 e. The molecule has 5 rings (SSSR count). The van der Waals surface area contributed by atoms with Crippen molar-refractivity contribution < 1.29 is 4.79 Å². The van der Waals surface area contributed by atoms with Gasteiger partial charge < -0.3 is 10.3 Å². The van der Waals surface area contributed by atoms with Gasteiger partial charge in [0.1, 0.15) is 11.9 Å². The number of para-hydroxylation sites is 2. The minimum atomic E-state index is -0.409. The van der Waals surface area contributed by atoms with Gasteiger partial charge in [-0.05, 0) is 66.6 Å². The number of hydrogen-bond acceptors (Lipinski definition) is 2. The van der Waals surface area contributed by atoms with E-state index < -0.39 is 6.04 Å². The van der Waals surface area contributed by atoms with Crippen LogP contribution in [0.15, 0.2) is 72.8 Å². The molecule has 1 unspecified atom stereocenters. The lowest BCUT2D eigenvalue weighted by atomic mass is 9.96. The molecule has 1 atom stereocenters. The van der Waals surface area contributed by atoms with Crippen molar-refractivity contribution in [2.45, 2.75) is 38.1 Å². The molecule has 1 saturated carbocycles. The van der Waals surface area contributed by atoms with Crippen LogP contribution in [0.2, 0.25) is 5.02 Å². The zero-order chi connectivity index (χ0) is 22.1. The van der Waals surface area contributed by atoms with Gasteiger partial charge in [0.2, 0.25) is 5.91 Å². The SMILES string of the molecule is Cl.NC(=O)C(C1CCCC1)n1c(-c2ccc(Cl)c(Cc3ccccc3)c2)nc2ccccc21. The van der Waals surface area contributed by atoms with Crippen LogP contribution in [0.3, 0.4) is 0 Å². The number of nitrogens with zero attached hydrogens (tertiary/aromatic N) is 2. The normalized spacial score (nSPS) is 14.8. The van der Waals surface area contributed by atoms with Crippen LogP contribution in [0.4, 0.5) is 0 Å². The van der Waals surface area contributed by atoms with E-state index in [1.807, 2.05) is 54.6 Å². The van der Waals surface area contributed by atoms with Crippen molar-refractivity contribution in [1.82, 2.24) is 9.55 Å². The molecule has 33 heavy (non-hydrogen) atoms. The first-order valence-electron chi connectivity index (χ1n) is 11.2. The van der Waals surface area contributed by atoms with Gasteiger partial charge in [-0.1, -0.05) is 66.9 Å². The third-order valence-corrected chi connectivity index (χ3v) is 6.92. The topological polar surface area (TPSA) is 60.9 Å². The zero-order valence-electron chi connectivity index (χ0n) is 18.3. The lowest BCUT2D eigenvalue weighted by Crippen LogP contribution is -2.32. The van der Waals surface area contributed by atoms with Crippen molar-refractivity contribution in [3.05, 3.63) is 88.9 Å². The standard InChI is InChI=1S/C27H26ClN3O.ClH/c28-22-15-14-20(17-21(22)16-18-8-2-1-3-9-18)27-30-23-12-6-7-13-24(23)31(27)25(26(29)32)19-10-4-5-11-19;/h1-3,6-9,12-15,17,19,25H,4-5,10-11,16H2,(H2,29,32);1H. The molecule has 1 amide bonds. The molecule has 1 aliphatic rings. The molecule has 1 heterocycles. The monoisotopic (exact) mass is 479 g/mol. The minimum absolute atomic E-state index is 0. The Morgan fingerprint density at radius 1 is 1.03 bits per heavy atom.